The Morgan fingerprint density at radius 3 is 2.08 bits per heavy atom. The molecule has 0 aliphatic carbocycles. The Labute approximate surface area is 77.6 Å². The van der Waals surface area contributed by atoms with Gasteiger partial charge in [-0.15, -0.1) is 0 Å². The third-order valence-electron chi connectivity index (χ3n) is 1.61. The van der Waals surface area contributed by atoms with E-state index in [2.05, 4.69) is 4.18 Å². The third kappa shape index (κ3) is 2.71. The highest BCUT2D eigenvalue weighted by molar-refractivity contribution is 7.84. The Balaban J connectivity index is 3.15. The minimum absolute atomic E-state index is 0.310. The van der Waals surface area contributed by atoms with Gasteiger partial charge in [-0.3, -0.25) is 0 Å². The molecule has 1 aromatic carbocycles. The molecule has 1 aromatic rings. The number of aryl methyl sites for hydroxylation is 2. The van der Waals surface area contributed by atoms with Crippen molar-refractivity contribution in [1.29, 1.82) is 0 Å². The van der Waals surface area contributed by atoms with Crippen molar-refractivity contribution in [3.63, 3.8) is 0 Å². The van der Waals surface area contributed by atoms with E-state index in [0.29, 0.717) is 5.75 Å². The summed E-state index contributed by atoms with van der Waals surface area (Å²) in [4.78, 5) is 0. The summed E-state index contributed by atoms with van der Waals surface area (Å²) in [6.45, 7) is 3.51. The van der Waals surface area contributed by atoms with Crippen LogP contribution in [0.3, 0.4) is 0 Å². The summed E-state index contributed by atoms with van der Waals surface area (Å²) in [5.74, 6) is 0.310. The second-order valence-corrected chi connectivity index (χ2v) is 3.95. The standard InChI is InChI=1S/C8H11NO3S/c1-6-4-3-5-7(2)8(6)12-13(9,10)11/h3-5H,1-2H3,(H2,9,10,11). The molecule has 0 saturated carbocycles. The average Bonchev–Trinajstić information content (AvgIpc) is 1.95. The molecule has 2 N–H and O–H groups in total. The molecule has 0 aliphatic heterocycles. The van der Waals surface area contributed by atoms with Crippen LogP contribution in [-0.2, 0) is 10.3 Å². The molecule has 0 aliphatic rings. The zero-order valence-electron chi connectivity index (χ0n) is 7.44. The van der Waals surface area contributed by atoms with Crippen LogP contribution in [0.4, 0.5) is 0 Å². The van der Waals surface area contributed by atoms with Crippen LogP contribution in [0.2, 0.25) is 0 Å². The predicted octanol–water partition coefficient (Wildman–Crippen LogP) is 0.886. The maximum absolute atomic E-state index is 10.7. The van der Waals surface area contributed by atoms with E-state index in [1.165, 1.54) is 0 Å². The molecule has 1 rings (SSSR count). The van der Waals surface area contributed by atoms with Gasteiger partial charge in [0.15, 0.2) is 0 Å². The van der Waals surface area contributed by atoms with Crippen LogP contribution in [0.1, 0.15) is 11.1 Å². The Bertz CT molecular complexity index is 391. The second-order valence-electron chi connectivity index (χ2n) is 2.80. The molecule has 0 atom stereocenters. The van der Waals surface area contributed by atoms with E-state index in [-0.39, 0.29) is 0 Å². The highest BCUT2D eigenvalue weighted by Gasteiger charge is 2.09. The Morgan fingerprint density at radius 2 is 1.69 bits per heavy atom. The van der Waals surface area contributed by atoms with Crippen molar-refractivity contribution >= 4 is 10.3 Å². The molecular formula is C8H11NO3S. The fourth-order valence-corrected chi connectivity index (χ4v) is 1.54. The van der Waals surface area contributed by atoms with Gasteiger partial charge in [0.2, 0.25) is 0 Å². The minimum atomic E-state index is -3.92. The zero-order chi connectivity index (χ0) is 10.1. The number of nitrogens with two attached hydrogens (primary N) is 1. The van der Waals surface area contributed by atoms with Gasteiger partial charge < -0.3 is 4.18 Å². The lowest BCUT2D eigenvalue weighted by molar-refractivity contribution is 0.484. The van der Waals surface area contributed by atoms with E-state index in [1.54, 1.807) is 26.0 Å². The van der Waals surface area contributed by atoms with Crippen molar-refractivity contribution in [2.45, 2.75) is 13.8 Å². The topological polar surface area (TPSA) is 69.4 Å². The summed E-state index contributed by atoms with van der Waals surface area (Å²) < 4.78 is 25.9. The molecule has 0 fully saturated rings. The SMILES string of the molecule is Cc1cccc(C)c1OS(N)(=O)=O. The smallest absolute Gasteiger partial charge is 0.370 e. The van der Waals surface area contributed by atoms with Gasteiger partial charge in [0.05, 0.1) is 0 Å². The van der Waals surface area contributed by atoms with E-state index < -0.39 is 10.3 Å². The number of benzene rings is 1. The van der Waals surface area contributed by atoms with Gasteiger partial charge in [0.1, 0.15) is 5.75 Å². The fraction of sp³-hybridized carbons (Fsp3) is 0.250. The van der Waals surface area contributed by atoms with Gasteiger partial charge in [0, 0.05) is 0 Å². The molecule has 5 heteroatoms. The number of hydrogen-bond acceptors (Lipinski definition) is 3. The number of rotatable bonds is 2. The Kier molecular flexibility index (Phi) is 2.58. The molecule has 0 saturated heterocycles. The lowest BCUT2D eigenvalue weighted by Crippen LogP contribution is -2.19. The molecule has 72 valence electrons. The van der Waals surface area contributed by atoms with Gasteiger partial charge >= 0.3 is 10.3 Å². The van der Waals surface area contributed by atoms with Crippen LogP contribution in [0.5, 0.6) is 5.75 Å². The number of hydrogen-bond donors (Lipinski definition) is 1. The van der Waals surface area contributed by atoms with Gasteiger partial charge in [0.25, 0.3) is 0 Å². The molecule has 0 heterocycles. The van der Waals surface area contributed by atoms with Gasteiger partial charge in [-0.2, -0.15) is 13.6 Å². The summed E-state index contributed by atoms with van der Waals surface area (Å²) in [5.41, 5.74) is 1.49. The lowest BCUT2D eigenvalue weighted by atomic mass is 10.1. The van der Waals surface area contributed by atoms with Gasteiger partial charge in [-0.05, 0) is 25.0 Å². The molecule has 4 nitrogen and oxygen atoms in total. The highest BCUT2D eigenvalue weighted by atomic mass is 32.2. The van der Waals surface area contributed by atoms with E-state index in [4.69, 9.17) is 5.14 Å². The largest absolute Gasteiger partial charge is 0.380 e. The van der Waals surface area contributed by atoms with Crippen molar-refractivity contribution in [3.05, 3.63) is 29.3 Å². The molecule has 0 spiro atoms. The quantitative estimate of drug-likeness (QED) is 0.772. The zero-order valence-corrected chi connectivity index (χ0v) is 8.26. The monoisotopic (exact) mass is 201 g/mol. The molecular weight excluding hydrogens is 190 g/mol. The van der Waals surface area contributed by atoms with Crippen molar-refractivity contribution in [1.82, 2.24) is 0 Å². The van der Waals surface area contributed by atoms with E-state index >= 15 is 0 Å². The highest BCUT2D eigenvalue weighted by Crippen LogP contribution is 2.22. The first-order valence-electron chi connectivity index (χ1n) is 3.68. The van der Waals surface area contributed by atoms with Crippen LogP contribution in [0.25, 0.3) is 0 Å². The maximum atomic E-state index is 10.7. The summed E-state index contributed by atoms with van der Waals surface area (Å²) in [7, 11) is -3.92. The van der Waals surface area contributed by atoms with E-state index in [9.17, 15) is 8.42 Å². The maximum Gasteiger partial charge on any atom is 0.380 e. The van der Waals surface area contributed by atoms with E-state index in [0.717, 1.165) is 11.1 Å². The van der Waals surface area contributed by atoms with Gasteiger partial charge in [-0.25, -0.2) is 0 Å². The summed E-state index contributed by atoms with van der Waals surface area (Å²) in [5, 5.41) is 4.76. The normalized spacial score (nSPS) is 11.3. The van der Waals surface area contributed by atoms with Crippen LogP contribution < -0.4 is 9.32 Å². The Hall–Kier alpha value is -1.07. The van der Waals surface area contributed by atoms with Crippen molar-refractivity contribution in [2.24, 2.45) is 5.14 Å². The molecule has 0 radical (unpaired) electrons. The molecule has 0 unspecified atom stereocenters. The summed E-state index contributed by atoms with van der Waals surface area (Å²) in [6.07, 6.45) is 0. The minimum Gasteiger partial charge on any atom is -0.370 e. The van der Waals surface area contributed by atoms with Gasteiger partial charge in [-0.1, -0.05) is 18.2 Å². The van der Waals surface area contributed by atoms with E-state index in [1.807, 2.05) is 6.07 Å². The first-order chi connectivity index (χ1) is 5.90. The molecule has 0 bridgehead atoms. The second kappa shape index (κ2) is 3.35. The van der Waals surface area contributed by atoms with Crippen molar-refractivity contribution in [2.75, 3.05) is 0 Å². The van der Waals surface area contributed by atoms with Crippen LogP contribution >= 0.6 is 0 Å². The average molecular weight is 201 g/mol. The first kappa shape index (κ1) is 10.0. The lowest BCUT2D eigenvalue weighted by Gasteiger charge is -2.08. The van der Waals surface area contributed by atoms with Crippen LogP contribution in [0.15, 0.2) is 18.2 Å². The molecule has 0 aromatic heterocycles. The number of para-hydroxylation sites is 1. The summed E-state index contributed by atoms with van der Waals surface area (Å²) >= 11 is 0. The molecule has 13 heavy (non-hydrogen) atoms. The van der Waals surface area contributed by atoms with Crippen molar-refractivity contribution < 1.29 is 12.6 Å². The first-order valence-corrected chi connectivity index (χ1v) is 5.16. The van der Waals surface area contributed by atoms with Crippen molar-refractivity contribution in [3.8, 4) is 5.75 Å². The Morgan fingerprint density at radius 1 is 1.23 bits per heavy atom. The fourth-order valence-electron chi connectivity index (χ4n) is 1.05. The predicted molar refractivity (Wildman–Crippen MR) is 49.7 cm³/mol. The molecule has 0 amide bonds. The third-order valence-corrected chi connectivity index (χ3v) is 2.01. The van der Waals surface area contributed by atoms with Crippen LogP contribution in [0, 0.1) is 13.8 Å². The van der Waals surface area contributed by atoms with Crippen LogP contribution in [-0.4, -0.2) is 8.42 Å². The summed E-state index contributed by atoms with van der Waals surface area (Å²) in [6, 6.07) is 5.34.